The quantitative estimate of drug-likeness (QED) is 0.190. The van der Waals surface area contributed by atoms with Crippen molar-refractivity contribution in [1.29, 1.82) is 0 Å². The first-order valence-electron chi connectivity index (χ1n) is 12.1. The number of thiophene rings is 1. The van der Waals surface area contributed by atoms with Gasteiger partial charge in [-0.2, -0.15) is 0 Å². The fourth-order valence-corrected chi connectivity index (χ4v) is 5.35. The van der Waals surface area contributed by atoms with E-state index in [2.05, 4.69) is 0 Å². The van der Waals surface area contributed by atoms with E-state index in [1.54, 1.807) is 18.2 Å². The minimum Gasteiger partial charge on any atom is -0.507 e. The number of amides is 1. The molecule has 2 aliphatic rings. The van der Waals surface area contributed by atoms with Crippen molar-refractivity contribution >= 4 is 28.8 Å². The zero-order valence-electron chi connectivity index (χ0n) is 20.2. The second-order valence-electron chi connectivity index (χ2n) is 8.92. The number of rotatable bonds is 7. The number of hydrogen-bond acceptors (Lipinski definition) is 7. The SMILES string of the molecule is O=C1C(=O)N(Cc2cccs2)C(c2ccc(OCc3ccccc3)cc2)/C1=C(\O)c1ccc2c(c1)OCO2. The molecule has 1 aromatic heterocycles. The van der Waals surface area contributed by atoms with Gasteiger partial charge >= 0.3 is 0 Å². The van der Waals surface area contributed by atoms with E-state index in [0.29, 0.717) is 35.0 Å². The van der Waals surface area contributed by atoms with Gasteiger partial charge < -0.3 is 24.2 Å². The number of aliphatic hydroxyl groups is 1. The van der Waals surface area contributed by atoms with Crippen molar-refractivity contribution in [2.75, 3.05) is 6.79 Å². The number of benzene rings is 3. The lowest BCUT2D eigenvalue weighted by Gasteiger charge is -2.25. The average molecular weight is 526 g/mol. The van der Waals surface area contributed by atoms with Crippen LogP contribution in [0.4, 0.5) is 0 Å². The molecule has 1 atom stereocenters. The standard InChI is InChI=1S/C30H23NO6S/c32-28(21-10-13-24-25(15-21)37-18-36-24)26-27(31(30(34)29(26)33)16-23-7-4-14-38-23)20-8-11-22(12-9-20)35-17-19-5-2-1-3-6-19/h1-15,27,32H,16-18H2/b28-26+. The van der Waals surface area contributed by atoms with Crippen molar-refractivity contribution in [2.24, 2.45) is 0 Å². The Bertz CT molecular complexity index is 1510. The van der Waals surface area contributed by atoms with Crippen LogP contribution in [-0.2, 0) is 22.7 Å². The maximum Gasteiger partial charge on any atom is 0.295 e. The number of carbonyl (C=O) groups is 2. The second-order valence-corrected chi connectivity index (χ2v) is 9.95. The van der Waals surface area contributed by atoms with Gasteiger partial charge in [-0.25, -0.2) is 0 Å². The van der Waals surface area contributed by atoms with Gasteiger partial charge in [0.2, 0.25) is 6.79 Å². The summed E-state index contributed by atoms with van der Waals surface area (Å²) in [5.74, 6) is 0.0372. The molecule has 8 heteroatoms. The summed E-state index contributed by atoms with van der Waals surface area (Å²) in [5, 5.41) is 13.3. The zero-order chi connectivity index (χ0) is 26.1. The van der Waals surface area contributed by atoms with Crippen LogP contribution in [0.25, 0.3) is 5.76 Å². The molecular formula is C30H23NO6S. The van der Waals surface area contributed by atoms with Gasteiger partial charge in [0.1, 0.15) is 18.1 Å². The van der Waals surface area contributed by atoms with Crippen molar-refractivity contribution in [3.63, 3.8) is 0 Å². The highest BCUT2D eigenvalue weighted by Gasteiger charge is 2.46. The number of nitrogens with zero attached hydrogens (tertiary/aromatic N) is 1. The van der Waals surface area contributed by atoms with Crippen LogP contribution < -0.4 is 14.2 Å². The average Bonchev–Trinajstić information content (AvgIpc) is 3.70. The summed E-state index contributed by atoms with van der Waals surface area (Å²) in [5.41, 5.74) is 2.14. The smallest absolute Gasteiger partial charge is 0.295 e. The van der Waals surface area contributed by atoms with Crippen LogP contribution in [-0.4, -0.2) is 28.5 Å². The Morgan fingerprint density at radius 2 is 1.74 bits per heavy atom. The van der Waals surface area contributed by atoms with Crippen LogP contribution in [0, 0.1) is 0 Å². The van der Waals surface area contributed by atoms with Crippen molar-refractivity contribution in [3.8, 4) is 17.2 Å². The number of aliphatic hydroxyl groups excluding tert-OH is 1. The summed E-state index contributed by atoms with van der Waals surface area (Å²) in [6, 6.07) is 25.1. The lowest BCUT2D eigenvalue weighted by molar-refractivity contribution is -0.140. The highest BCUT2D eigenvalue weighted by Crippen LogP contribution is 2.42. The van der Waals surface area contributed by atoms with Gasteiger partial charge in [0, 0.05) is 10.4 Å². The summed E-state index contributed by atoms with van der Waals surface area (Å²) in [6.45, 7) is 0.752. The molecule has 38 heavy (non-hydrogen) atoms. The topological polar surface area (TPSA) is 85.3 Å². The molecule has 3 aromatic carbocycles. The van der Waals surface area contributed by atoms with Crippen LogP contribution in [0.3, 0.4) is 0 Å². The van der Waals surface area contributed by atoms with Crippen LogP contribution in [0.15, 0.2) is 95.9 Å². The van der Waals surface area contributed by atoms with E-state index < -0.39 is 17.7 Å². The number of fused-ring (bicyclic) bond motifs is 1. The molecule has 2 aliphatic heterocycles. The number of ether oxygens (including phenoxy) is 3. The number of hydrogen-bond donors (Lipinski definition) is 1. The molecule has 1 N–H and O–H groups in total. The number of likely N-dealkylation sites (tertiary alicyclic amines) is 1. The molecule has 4 aromatic rings. The van der Waals surface area contributed by atoms with Crippen molar-refractivity contribution in [2.45, 2.75) is 19.2 Å². The Kier molecular flexibility index (Phi) is 6.31. The molecular weight excluding hydrogens is 502 g/mol. The number of carbonyl (C=O) groups excluding carboxylic acids is 2. The Morgan fingerprint density at radius 3 is 2.50 bits per heavy atom. The van der Waals surface area contributed by atoms with Crippen molar-refractivity contribution < 1.29 is 28.9 Å². The molecule has 1 saturated heterocycles. The molecule has 0 bridgehead atoms. The third-order valence-electron chi connectivity index (χ3n) is 6.54. The van der Waals surface area contributed by atoms with Gasteiger partial charge in [-0.3, -0.25) is 9.59 Å². The zero-order valence-corrected chi connectivity index (χ0v) is 21.0. The normalized spacial score (nSPS) is 17.7. The van der Waals surface area contributed by atoms with Gasteiger partial charge in [-0.1, -0.05) is 48.5 Å². The minimum atomic E-state index is -0.773. The molecule has 6 rings (SSSR count). The van der Waals surface area contributed by atoms with Gasteiger partial charge in [-0.05, 0) is 52.9 Å². The van der Waals surface area contributed by atoms with Crippen LogP contribution in [0.1, 0.15) is 27.6 Å². The van der Waals surface area contributed by atoms with Crippen LogP contribution >= 0.6 is 11.3 Å². The molecule has 0 saturated carbocycles. The van der Waals surface area contributed by atoms with E-state index in [0.717, 1.165) is 10.4 Å². The predicted molar refractivity (Wildman–Crippen MR) is 142 cm³/mol. The number of ketones is 1. The largest absolute Gasteiger partial charge is 0.507 e. The number of Topliss-reactive ketones (excluding diaryl/α,β-unsaturated/α-hetero) is 1. The van der Waals surface area contributed by atoms with E-state index in [-0.39, 0.29) is 24.7 Å². The monoisotopic (exact) mass is 525 g/mol. The molecule has 0 spiro atoms. The second kappa shape index (κ2) is 10.1. The predicted octanol–water partition coefficient (Wildman–Crippen LogP) is 5.68. The Balaban J connectivity index is 1.36. The van der Waals surface area contributed by atoms with Crippen molar-refractivity contribution in [3.05, 3.63) is 117 Å². The first-order chi connectivity index (χ1) is 18.6. The third-order valence-corrected chi connectivity index (χ3v) is 7.40. The van der Waals surface area contributed by atoms with E-state index in [1.807, 2.05) is 72.1 Å². The maximum atomic E-state index is 13.3. The van der Waals surface area contributed by atoms with Gasteiger partial charge in [0.05, 0.1) is 18.2 Å². The van der Waals surface area contributed by atoms with Crippen molar-refractivity contribution in [1.82, 2.24) is 4.90 Å². The minimum absolute atomic E-state index is 0.0309. The maximum absolute atomic E-state index is 13.3. The van der Waals surface area contributed by atoms with Gasteiger partial charge in [-0.15, -0.1) is 11.3 Å². The molecule has 3 heterocycles. The van der Waals surface area contributed by atoms with Gasteiger partial charge in [0.25, 0.3) is 11.7 Å². The molecule has 1 fully saturated rings. The van der Waals surface area contributed by atoms with E-state index in [4.69, 9.17) is 14.2 Å². The first kappa shape index (κ1) is 23.8. The molecule has 1 amide bonds. The fourth-order valence-electron chi connectivity index (χ4n) is 4.65. The summed E-state index contributed by atoms with van der Waals surface area (Å²) in [7, 11) is 0. The summed E-state index contributed by atoms with van der Waals surface area (Å²) in [6.07, 6.45) is 0. The highest BCUT2D eigenvalue weighted by atomic mass is 32.1. The first-order valence-corrected chi connectivity index (χ1v) is 12.9. The molecule has 0 aliphatic carbocycles. The third kappa shape index (κ3) is 4.50. The van der Waals surface area contributed by atoms with Crippen LogP contribution in [0.5, 0.6) is 17.2 Å². The Hall–Kier alpha value is -4.56. The summed E-state index contributed by atoms with van der Waals surface area (Å²) < 4.78 is 16.7. The van der Waals surface area contributed by atoms with E-state index in [1.165, 1.54) is 16.2 Å². The molecule has 7 nitrogen and oxygen atoms in total. The Morgan fingerprint density at radius 1 is 0.947 bits per heavy atom. The fraction of sp³-hybridized carbons (Fsp3) is 0.133. The van der Waals surface area contributed by atoms with E-state index in [9.17, 15) is 14.7 Å². The molecule has 1 unspecified atom stereocenters. The van der Waals surface area contributed by atoms with Gasteiger partial charge in [0.15, 0.2) is 11.5 Å². The van der Waals surface area contributed by atoms with E-state index >= 15 is 0 Å². The summed E-state index contributed by atoms with van der Waals surface area (Å²) in [4.78, 5) is 29.0. The summed E-state index contributed by atoms with van der Waals surface area (Å²) >= 11 is 1.50. The molecule has 190 valence electrons. The Labute approximate surface area is 223 Å². The highest BCUT2D eigenvalue weighted by molar-refractivity contribution is 7.09. The van der Waals surface area contributed by atoms with Crippen LogP contribution in [0.2, 0.25) is 0 Å². The lowest BCUT2D eigenvalue weighted by atomic mass is 9.95. The lowest BCUT2D eigenvalue weighted by Crippen LogP contribution is -2.28. The molecule has 0 radical (unpaired) electrons.